The highest BCUT2D eigenvalue weighted by atomic mass is 16.4. The van der Waals surface area contributed by atoms with E-state index in [1.807, 2.05) is 24.3 Å². The van der Waals surface area contributed by atoms with Gasteiger partial charge in [0.05, 0.1) is 5.92 Å². The maximum atomic E-state index is 10.9. The molecule has 1 aromatic rings. The zero-order valence-corrected chi connectivity index (χ0v) is 11.7. The minimum absolute atomic E-state index is 0.438. The summed E-state index contributed by atoms with van der Waals surface area (Å²) in [7, 11) is 0. The Bertz CT molecular complexity index is 384. The Morgan fingerprint density at radius 1 is 1.22 bits per heavy atom. The number of nitrogens with zero attached hydrogens (tertiary/aromatic N) is 1. The molecule has 0 aliphatic carbocycles. The van der Waals surface area contributed by atoms with Crippen molar-refractivity contribution in [1.82, 2.24) is 4.90 Å². The molecule has 1 aromatic carbocycles. The molecule has 0 radical (unpaired) electrons. The summed E-state index contributed by atoms with van der Waals surface area (Å²) in [5.41, 5.74) is 2.09. The molecule has 3 nitrogen and oxygen atoms in total. The van der Waals surface area contributed by atoms with Crippen LogP contribution < -0.4 is 0 Å². The number of carboxylic acid groups (broad SMARTS) is 1. The Kier molecular flexibility index (Phi) is 5.35. The fourth-order valence-corrected chi connectivity index (χ4v) is 1.95. The van der Waals surface area contributed by atoms with Crippen molar-refractivity contribution in [2.24, 2.45) is 0 Å². The van der Waals surface area contributed by atoms with Crippen LogP contribution in [0.2, 0.25) is 0 Å². The van der Waals surface area contributed by atoms with Crippen molar-refractivity contribution in [3.63, 3.8) is 0 Å². The number of rotatable bonds is 6. The lowest BCUT2D eigenvalue weighted by atomic mass is 10.00. The van der Waals surface area contributed by atoms with E-state index in [0.29, 0.717) is 6.04 Å². The normalized spacial score (nSPS) is 13.0. The van der Waals surface area contributed by atoms with Crippen LogP contribution in [-0.2, 0) is 11.3 Å². The molecule has 0 aliphatic heterocycles. The van der Waals surface area contributed by atoms with Gasteiger partial charge in [-0.15, -0.1) is 0 Å². The third-order valence-corrected chi connectivity index (χ3v) is 3.37. The van der Waals surface area contributed by atoms with E-state index in [1.54, 1.807) is 6.92 Å². The van der Waals surface area contributed by atoms with Crippen LogP contribution in [0.3, 0.4) is 0 Å². The summed E-state index contributed by atoms with van der Waals surface area (Å²) in [4.78, 5) is 13.3. The second-order valence-electron chi connectivity index (χ2n) is 4.96. The maximum Gasteiger partial charge on any atom is 0.310 e. The van der Waals surface area contributed by atoms with Gasteiger partial charge in [-0.1, -0.05) is 31.2 Å². The molecule has 0 saturated heterocycles. The fourth-order valence-electron chi connectivity index (χ4n) is 1.95. The van der Waals surface area contributed by atoms with E-state index in [-0.39, 0.29) is 0 Å². The van der Waals surface area contributed by atoms with Gasteiger partial charge in [0.25, 0.3) is 0 Å². The molecule has 0 aliphatic rings. The number of aliphatic carboxylic acids is 1. The van der Waals surface area contributed by atoms with Crippen molar-refractivity contribution in [2.45, 2.75) is 46.2 Å². The first kappa shape index (κ1) is 14.7. The van der Waals surface area contributed by atoms with Crippen LogP contribution in [0.15, 0.2) is 24.3 Å². The van der Waals surface area contributed by atoms with E-state index in [4.69, 9.17) is 5.11 Å². The van der Waals surface area contributed by atoms with Gasteiger partial charge in [0, 0.05) is 12.6 Å². The van der Waals surface area contributed by atoms with Gasteiger partial charge in [-0.3, -0.25) is 9.69 Å². The molecule has 0 amide bonds. The molecule has 0 bridgehead atoms. The summed E-state index contributed by atoms with van der Waals surface area (Å²) in [6.45, 7) is 10.2. The molecule has 1 unspecified atom stereocenters. The second kappa shape index (κ2) is 6.55. The van der Waals surface area contributed by atoms with Crippen LogP contribution in [0.5, 0.6) is 0 Å². The van der Waals surface area contributed by atoms with E-state index in [0.717, 1.165) is 18.7 Å². The highest BCUT2D eigenvalue weighted by Crippen LogP contribution is 2.17. The van der Waals surface area contributed by atoms with Crippen molar-refractivity contribution in [3.05, 3.63) is 35.4 Å². The number of benzene rings is 1. The first-order valence-corrected chi connectivity index (χ1v) is 6.51. The molecule has 0 fully saturated rings. The molecule has 100 valence electrons. The Morgan fingerprint density at radius 2 is 1.78 bits per heavy atom. The van der Waals surface area contributed by atoms with Crippen molar-refractivity contribution in [2.75, 3.05) is 6.54 Å². The summed E-state index contributed by atoms with van der Waals surface area (Å²) < 4.78 is 0. The SMILES string of the molecule is CCN(Cc1ccc(C(C)C(=O)O)cc1)C(C)C. The van der Waals surface area contributed by atoms with Crippen LogP contribution in [0.1, 0.15) is 44.7 Å². The van der Waals surface area contributed by atoms with E-state index in [2.05, 4.69) is 25.7 Å². The minimum Gasteiger partial charge on any atom is -0.481 e. The summed E-state index contributed by atoms with van der Waals surface area (Å²) in [5.74, 6) is -1.22. The van der Waals surface area contributed by atoms with Gasteiger partial charge < -0.3 is 5.11 Å². The predicted molar refractivity (Wildman–Crippen MR) is 73.7 cm³/mol. The van der Waals surface area contributed by atoms with Gasteiger partial charge in [0.2, 0.25) is 0 Å². The lowest BCUT2D eigenvalue weighted by molar-refractivity contribution is -0.138. The van der Waals surface area contributed by atoms with Gasteiger partial charge in [0.1, 0.15) is 0 Å². The summed E-state index contributed by atoms with van der Waals surface area (Å²) in [6.07, 6.45) is 0. The van der Waals surface area contributed by atoms with Crippen molar-refractivity contribution in [3.8, 4) is 0 Å². The summed E-state index contributed by atoms with van der Waals surface area (Å²) in [6, 6.07) is 8.41. The third-order valence-electron chi connectivity index (χ3n) is 3.37. The molecule has 0 spiro atoms. The van der Waals surface area contributed by atoms with Gasteiger partial charge >= 0.3 is 5.97 Å². The lowest BCUT2D eigenvalue weighted by Gasteiger charge is -2.24. The third kappa shape index (κ3) is 3.84. The smallest absolute Gasteiger partial charge is 0.310 e. The Balaban J connectivity index is 2.74. The van der Waals surface area contributed by atoms with Crippen LogP contribution in [-0.4, -0.2) is 28.6 Å². The molecule has 0 aromatic heterocycles. The van der Waals surface area contributed by atoms with E-state index in [1.165, 1.54) is 5.56 Å². The quantitative estimate of drug-likeness (QED) is 0.842. The highest BCUT2D eigenvalue weighted by molar-refractivity contribution is 5.75. The minimum atomic E-state index is -0.778. The van der Waals surface area contributed by atoms with Crippen LogP contribution in [0.4, 0.5) is 0 Å². The summed E-state index contributed by atoms with van der Waals surface area (Å²) >= 11 is 0. The van der Waals surface area contributed by atoms with E-state index >= 15 is 0 Å². The lowest BCUT2D eigenvalue weighted by Crippen LogP contribution is -2.29. The molecule has 3 heteroatoms. The Hall–Kier alpha value is -1.35. The average Bonchev–Trinajstić information content (AvgIpc) is 2.35. The molecule has 0 saturated carbocycles. The Morgan fingerprint density at radius 3 is 2.17 bits per heavy atom. The number of hydrogen-bond donors (Lipinski definition) is 1. The van der Waals surface area contributed by atoms with Gasteiger partial charge in [0.15, 0.2) is 0 Å². The van der Waals surface area contributed by atoms with Gasteiger partial charge in [-0.05, 0) is 38.4 Å². The largest absolute Gasteiger partial charge is 0.481 e. The van der Waals surface area contributed by atoms with Crippen molar-refractivity contribution in [1.29, 1.82) is 0 Å². The van der Waals surface area contributed by atoms with Crippen LogP contribution in [0, 0.1) is 0 Å². The van der Waals surface area contributed by atoms with Crippen LogP contribution in [0.25, 0.3) is 0 Å². The number of carboxylic acids is 1. The molecule has 1 rings (SSSR count). The van der Waals surface area contributed by atoms with Gasteiger partial charge in [-0.25, -0.2) is 0 Å². The molecule has 1 N–H and O–H groups in total. The Labute approximate surface area is 109 Å². The fraction of sp³-hybridized carbons (Fsp3) is 0.533. The first-order valence-electron chi connectivity index (χ1n) is 6.51. The number of hydrogen-bond acceptors (Lipinski definition) is 2. The standard InChI is InChI=1S/C15H23NO2/c1-5-16(11(2)3)10-13-6-8-14(9-7-13)12(4)15(17)18/h6-9,11-12H,5,10H2,1-4H3,(H,17,18). The predicted octanol–water partition coefficient (Wildman–Crippen LogP) is 3.11. The molecular formula is C15H23NO2. The van der Waals surface area contributed by atoms with Crippen molar-refractivity contribution >= 4 is 5.97 Å². The number of carbonyl (C=O) groups is 1. The molecule has 0 heterocycles. The highest BCUT2D eigenvalue weighted by Gasteiger charge is 2.13. The summed E-state index contributed by atoms with van der Waals surface area (Å²) in [5, 5.41) is 8.95. The topological polar surface area (TPSA) is 40.5 Å². The average molecular weight is 249 g/mol. The van der Waals surface area contributed by atoms with Crippen molar-refractivity contribution < 1.29 is 9.90 Å². The molecule has 1 atom stereocenters. The second-order valence-corrected chi connectivity index (χ2v) is 4.96. The van der Waals surface area contributed by atoms with Crippen LogP contribution >= 0.6 is 0 Å². The molecular weight excluding hydrogens is 226 g/mol. The van der Waals surface area contributed by atoms with E-state index < -0.39 is 11.9 Å². The zero-order valence-electron chi connectivity index (χ0n) is 11.7. The first-order chi connectivity index (χ1) is 8.45. The zero-order chi connectivity index (χ0) is 13.7. The van der Waals surface area contributed by atoms with Gasteiger partial charge in [-0.2, -0.15) is 0 Å². The monoisotopic (exact) mass is 249 g/mol. The molecule has 18 heavy (non-hydrogen) atoms. The maximum absolute atomic E-state index is 10.9. The van der Waals surface area contributed by atoms with E-state index in [9.17, 15) is 4.79 Å².